The van der Waals surface area contributed by atoms with Crippen molar-refractivity contribution in [3.05, 3.63) is 65.2 Å². The monoisotopic (exact) mass is 391 g/mol. The maximum absolute atomic E-state index is 12.7. The van der Waals surface area contributed by atoms with Gasteiger partial charge in [-0.3, -0.25) is 4.79 Å². The lowest BCUT2D eigenvalue weighted by Gasteiger charge is -2.46. The summed E-state index contributed by atoms with van der Waals surface area (Å²) < 4.78 is 5.74. The molecule has 1 aliphatic rings. The Morgan fingerprint density at radius 2 is 1.66 bits per heavy atom. The first kappa shape index (κ1) is 20.9. The molecule has 3 rings (SSSR count). The zero-order chi connectivity index (χ0) is 21.1. The van der Waals surface area contributed by atoms with Crippen molar-refractivity contribution < 1.29 is 9.53 Å². The molecular formula is C24H29N3O2. The van der Waals surface area contributed by atoms with Gasteiger partial charge in [0.1, 0.15) is 12.4 Å². The minimum Gasteiger partial charge on any atom is -0.489 e. The summed E-state index contributed by atoms with van der Waals surface area (Å²) in [5.41, 5.74) is 2.23. The van der Waals surface area contributed by atoms with Gasteiger partial charge in [0.15, 0.2) is 0 Å². The third-order valence-electron chi connectivity index (χ3n) is 5.13. The molecule has 1 fully saturated rings. The lowest BCUT2D eigenvalue weighted by atomic mass is 9.79. The van der Waals surface area contributed by atoms with Crippen molar-refractivity contribution >= 4 is 5.91 Å². The Balaban J connectivity index is 1.56. The zero-order valence-corrected chi connectivity index (χ0v) is 17.6. The van der Waals surface area contributed by atoms with E-state index in [9.17, 15) is 4.79 Å². The number of nitrogens with zero attached hydrogens (tertiary/aromatic N) is 1. The van der Waals surface area contributed by atoms with Gasteiger partial charge in [-0.15, -0.1) is 0 Å². The Hall–Kier alpha value is -2.84. The summed E-state index contributed by atoms with van der Waals surface area (Å²) in [4.78, 5) is 12.7. The second kappa shape index (κ2) is 8.26. The van der Waals surface area contributed by atoms with Crippen LogP contribution in [0, 0.1) is 11.3 Å². The van der Waals surface area contributed by atoms with E-state index in [2.05, 4.69) is 44.4 Å². The third-order valence-corrected chi connectivity index (χ3v) is 5.13. The summed E-state index contributed by atoms with van der Waals surface area (Å²) in [7, 11) is 0. The number of piperidine rings is 1. The van der Waals surface area contributed by atoms with Gasteiger partial charge in [0.05, 0.1) is 11.6 Å². The topological polar surface area (TPSA) is 74.1 Å². The zero-order valence-electron chi connectivity index (χ0n) is 17.6. The lowest BCUT2D eigenvalue weighted by Crippen LogP contribution is -2.62. The Labute approximate surface area is 173 Å². The summed E-state index contributed by atoms with van der Waals surface area (Å²) >= 11 is 0. The molecule has 0 saturated carbocycles. The number of carbonyl (C=O) groups excluding carboxylic acids is 1. The molecular weight excluding hydrogens is 362 g/mol. The van der Waals surface area contributed by atoms with Crippen LogP contribution in [-0.2, 0) is 6.61 Å². The fourth-order valence-electron chi connectivity index (χ4n) is 4.24. The molecule has 5 nitrogen and oxygen atoms in total. The first-order valence-corrected chi connectivity index (χ1v) is 9.98. The maximum atomic E-state index is 12.7. The highest BCUT2D eigenvalue weighted by molar-refractivity contribution is 5.94. The van der Waals surface area contributed by atoms with E-state index in [1.807, 2.05) is 24.3 Å². The molecule has 29 heavy (non-hydrogen) atoms. The van der Waals surface area contributed by atoms with E-state index < -0.39 is 0 Å². The molecule has 1 saturated heterocycles. The molecule has 2 aromatic carbocycles. The van der Waals surface area contributed by atoms with Gasteiger partial charge >= 0.3 is 0 Å². The average Bonchev–Trinajstić information content (AvgIpc) is 2.64. The van der Waals surface area contributed by atoms with E-state index in [4.69, 9.17) is 10.00 Å². The summed E-state index contributed by atoms with van der Waals surface area (Å²) in [6.07, 6.45) is 1.80. The van der Waals surface area contributed by atoms with Crippen LogP contribution in [-0.4, -0.2) is 23.0 Å². The summed E-state index contributed by atoms with van der Waals surface area (Å²) in [5, 5.41) is 15.7. The molecule has 0 spiro atoms. The molecule has 0 aliphatic carbocycles. The Morgan fingerprint density at radius 3 is 2.21 bits per heavy atom. The van der Waals surface area contributed by atoms with E-state index in [1.165, 1.54) is 0 Å². The Kier molecular flexibility index (Phi) is 5.95. The molecule has 1 amide bonds. The highest BCUT2D eigenvalue weighted by Gasteiger charge is 2.38. The van der Waals surface area contributed by atoms with Crippen molar-refractivity contribution in [2.45, 2.75) is 64.3 Å². The van der Waals surface area contributed by atoms with Crippen LogP contribution in [0.1, 0.15) is 62.0 Å². The molecule has 2 N–H and O–H groups in total. The van der Waals surface area contributed by atoms with Crippen LogP contribution >= 0.6 is 0 Å². The molecule has 0 atom stereocenters. The molecule has 152 valence electrons. The molecule has 1 heterocycles. The number of ether oxygens (including phenoxy) is 1. The van der Waals surface area contributed by atoms with Crippen molar-refractivity contribution in [3.8, 4) is 11.8 Å². The van der Waals surface area contributed by atoms with Gasteiger partial charge in [-0.05, 0) is 82.5 Å². The fraction of sp³-hybridized carbons (Fsp3) is 0.417. The SMILES string of the molecule is CC1(C)CC(NC(=O)c2ccc(COc3ccc(C#N)cc3)cc2)CC(C)(C)N1. The van der Waals surface area contributed by atoms with E-state index >= 15 is 0 Å². The van der Waals surface area contributed by atoms with Crippen molar-refractivity contribution in [2.75, 3.05) is 0 Å². The highest BCUT2D eigenvalue weighted by atomic mass is 16.5. The summed E-state index contributed by atoms with van der Waals surface area (Å²) in [6, 6.07) is 16.7. The quantitative estimate of drug-likeness (QED) is 0.802. The van der Waals surface area contributed by atoms with Gasteiger partial charge in [-0.25, -0.2) is 0 Å². The molecule has 5 heteroatoms. The van der Waals surface area contributed by atoms with Crippen LogP contribution in [0.3, 0.4) is 0 Å². The molecule has 0 unspecified atom stereocenters. The van der Waals surface area contributed by atoms with Gasteiger partial charge < -0.3 is 15.4 Å². The van der Waals surface area contributed by atoms with Crippen LogP contribution in [0.25, 0.3) is 0 Å². The maximum Gasteiger partial charge on any atom is 0.251 e. The normalized spacial score (nSPS) is 17.9. The van der Waals surface area contributed by atoms with Gasteiger partial charge in [-0.2, -0.15) is 5.26 Å². The number of hydrogen-bond acceptors (Lipinski definition) is 4. The number of hydrogen-bond donors (Lipinski definition) is 2. The Morgan fingerprint density at radius 1 is 1.07 bits per heavy atom. The van der Waals surface area contributed by atoms with Gasteiger partial charge in [0.2, 0.25) is 0 Å². The second-order valence-electron chi connectivity index (χ2n) is 9.09. The standard InChI is InChI=1S/C24H29N3O2/c1-23(2)13-20(14-24(3,4)27-23)26-22(28)19-9-5-18(6-10-19)16-29-21-11-7-17(15-25)8-12-21/h5-12,20,27H,13-14,16H2,1-4H3,(H,26,28). The van der Waals surface area contributed by atoms with Crippen molar-refractivity contribution in [1.82, 2.24) is 10.6 Å². The van der Waals surface area contributed by atoms with Crippen molar-refractivity contribution in [3.63, 3.8) is 0 Å². The number of benzene rings is 2. The van der Waals surface area contributed by atoms with Crippen LogP contribution in [0.4, 0.5) is 0 Å². The number of amides is 1. The van der Waals surface area contributed by atoms with Crippen LogP contribution in [0.5, 0.6) is 5.75 Å². The van der Waals surface area contributed by atoms with Crippen molar-refractivity contribution in [1.29, 1.82) is 5.26 Å². The molecule has 0 bridgehead atoms. The van der Waals surface area contributed by atoms with Gasteiger partial charge in [-0.1, -0.05) is 12.1 Å². The molecule has 0 aromatic heterocycles. The van der Waals surface area contributed by atoms with Crippen molar-refractivity contribution in [2.24, 2.45) is 0 Å². The van der Waals surface area contributed by atoms with E-state index in [-0.39, 0.29) is 23.0 Å². The number of rotatable bonds is 5. The van der Waals surface area contributed by atoms with E-state index in [0.717, 1.165) is 18.4 Å². The Bertz CT molecular complexity index is 877. The minimum atomic E-state index is -0.0388. The summed E-state index contributed by atoms with van der Waals surface area (Å²) in [5.74, 6) is 0.671. The number of carbonyl (C=O) groups is 1. The summed E-state index contributed by atoms with van der Waals surface area (Å²) in [6.45, 7) is 9.11. The lowest BCUT2D eigenvalue weighted by molar-refractivity contribution is 0.0873. The third kappa shape index (κ3) is 5.82. The predicted molar refractivity (Wildman–Crippen MR) is 114 cm³/mol. The number of nitriles is 1. The molecule has 2 aromatic rings. The largest absolute Gasteiger partial charge is 0.489 e. The van der Waals surface area contributed by atoms with Crippen LogP contribution in [0.2, 0.25) is 0 Å². The highest BCUT2D eigenvalue weighted by Crippen LogP contribution is 2.28. The molecule has 0 radical (unpaired) electrons. The smallest absolute Gasteiger partial charge is 0.251 e. The second-order valence-corrected chi connectivity index (χ2v) is 9.09. The molecule has 1 aliphatic heterocycles. The van der Waals surface area contributed by atoms with Gasteiger partial charge in [0, 0.05) is 22.7 Å². The van der Waals surface area contributed by atoms with E-state index in [0.29, 0.717) is 23.5 Å². The average molecular weight is 392 g/mol. The van der Waals surface area contributed by atoms with E-state index in [1.54, 1.807) is 24.3 Å². The van der Waals surface area contributed by atoms with Crippen LogP contribution in [0.15, 0.2) is 48.5 Å². The first-order valence-electron chi connectivity index (χ1n) is 9.98. The van der Waals surface area contributed by atoms with Gasteiger partial charge in [0.25, 0.3) is 5.91 Å². The predicted octanol–water partition coefficient (Wildman–Crippen LogP) is 4.18. The van der Waals surface area contributed by atoms with Crippen LogP contribution < -0.4 is 15.4 Å². The number of nitrogens with one attached hydrogen (secondary N) is 2. The minimum absolute atomic E-state index is 0.00760. The fourth-order valence-corrected chi connectivity index (χ4v) is 4.24. The first-order chi connectivity index (χ1) is 13.7.